The lowest BCUT2D eigenvalue weighted by atomic mass is 9.91. The fourth-order valence-electron chi connectivity index (χ4n) is 4.53. The van der Waals surface area contributed by atoms with E-state index in [-0.39, 0.29) is 17.3 Å². The van der Waals surface area contributed by atoms with Crippen molar-refractivity contribution in [2.24, 2.45) is 0 Å². The van der Waals surface area contributed by atoms with Gasteiger partial charge in [-0.05, 0) is 80.9 Å². The summed E-state index contributed by atoms with van der Waals surface area (Å²) in [5.41, 5.74) is 3.05. The highest BCUT2D eigenvalue weighted by molar-refractivity contribution is 6.46. The van der Waals surface area contributed by atoms with Crippen molar-refractivity contribution in [2.75, 3.05) is 41.4 Å². The zero-order chi connectivity index (χ0) is 25.9. The van der Waals surface area contributed by atoms with Gasteiger partial charge in [-0.1, -0.05) is 26.0 Å². The maximum absolute atomic E-state index is 13.3. The van der Waals surface area contributed by atoms with Crippen LogP contribution in [0, 0.1) is 6.92 Å². The summed E-state index contributed by atoms with van der Waals surface area (Å²) in [6, 6.07) is 10.3. The second-order valence-corrected chi connectivity index (χ2v) is 9.49. The lowest BCUT2D eigenvalue weighted by Crippen LogP contribution is -2.32. The lowest BCUT2D eigenvalue weighted by molar-refractivity contribution is -0.139. The van der Waals surface area contributed by atoms with Crippen LogP contribution in [0.1, 0.15) is 54.5 Å². The summed E-state index contributed by atoms with van der Waals surface area (Å²) in [7, 11) is 7.13. The maximum Gasteiger partial charge on any atom is 0.295 e. The third-order valence-corrected chi connectivity index (χ3v) is 6.43. The normalized spacial score (nSPS) is 17.5. The molecule has 1 amide bonds. The predicted molar refractivity (Wildman–Crippen MR) is 137 cm³/mol. The number of aliphatic hydroxyl groups is 1. The monoisotopic (exact) mass is 480 g/mol. The molecule has 35 heavy (non-hydrogen) atoms. The van der Waals surface area contributed by atoms with Crippen molar-refractivity contribution in [2.45, 2.75) is 39.2 Å². The average Bonchev–Trinajstić information content (AvgIpc) is 3.08. The van der Waals surface area contributed by atoms with Crippen LogP contribution in [0.2, 0.25) is 0 Å². The number of hydrogen-bond donors (Lipinski definition) is 1. The highest BCUT2D eigenvalue weighted by Crippen LogP contribution is 2.41. The van der Waals surface area contributed by atoms with Gasteiger partial charge >= 0.3 is 0 Å². The van der Waals surface area contributed by atoms with Crippen molar-refractivity contribution in [3.8, 4) is 11.5 Å². The number of amides is 1. The van der Waals surface area contributed by atoms with E-state index in [0.29, 0.717) is 24.3 Å². The maximum atomic E-state index is 13.3. The Morgan fingerprint density at radius 2 is 1.74 bits per heavy atom. The van der Waals surface area contributed by atoms with Crippen LogP contribution in [0.25, 0.3) is 5.76 Å². The van der Waals surface area contributed by atoms with Crippen molar-refractivity contribution in [3.05, 3.63) is 64.2 Å². The first kappa shape index (κ1) is 26.3. The number of benzene rings is 2. The molecule has 2 aromatic rings. The Kier molecular flexibility index (Phi) is 8.22. The zero-order valence-corrected chi connectivity index (χ0v) is 21.7. The Morgan fingerprint density at radius 1 is 1.09 bits per heavy atom. The summed E-state index contributed by atoms with van der Waals surface area (Å²) < 4.78 is 10.8. The highest BCUT2D eigenvalue weighted by Gasteiger charge is 2.46. The molecule has 1 fully saturated rings. The lowest BCUT2D eigenvalue weighted by Gasteiger charge is -2.26. The molecule has 1 atom stereocenters. The molecule has 2 aromatic carbocycles. The van der Waals surface area contributed by atoms with Gasteiger partial charge in [0.2, 0.25) is 0 Å². The van der Waals surface area contributed by atoms with Gasteiger partial charge in [-0.15, -0.1) is 0 Å². The minimum Gasteiger partial charge on any atom is -0.507 e. The number of likely N-dealkylation sites (tertiary alicyclic amines) is 1. The van der Waals surface area contributed by atoms with Gasteiger partial charge in [0.05, 0.1) is 25.8 Å². The number of methoxy groups -OCH3 is 2. The van der Waals surface area contributed by atoms with E-state index < -0.39 is 17.7 Å². The number of ketones is 1. The zero-order valence-electron chi connectivity index (χ0n) is 21.7. The number of carbonyl (C=O) groups excluding carboxylic acids is 2. The Hall–Kier alpha value is -3.32. The molecule has 7 nitrogen and oxygen atoms in total. The van der Waals surface area contributed by atoms with Crippen LogP contribution in [0.5, 0.6) is 11.5 Å². The molecule has 0 saturated carbocycles. The number of nitrogens with zero attached hydrogens (tertiary/aromatic N) is 2. The molecule has 0 spiro atoms. The third kappa shape index (κ3) is 5.35. The van der Waals surface area contributed by atoms with Crippen molar-refractivity contribution in [1.82, 2.24) is 9.80 Å². The molecule has 1 heterocycles. The molecular weight excluding hydrogens is 444 g/mol. The van der Waals surface area contributed by atoms with E-state index in [4.69, 9.17) is 9.47 Å². The Labute approximate surface area is 207 Å². The Bertz CT molecular complexity index is 1120. The van der Waals surface area contributed by atoms with Crippen LogP contribution >= 0.6 is 0 Å². The van der Waals surface area contributed by atoms with Crippen molar-refractivity contribution >= 4 is 17.4 Å². The molecular formula is C28H36N2O5. The third-order valence-electron chi connectivity index (χ3n) is 6.43. The number of aryl methyl sites for hydroxylation is 1. The van der Waals surface area contributed by atoms with Crippen molar-refractivity contribution in [1.29, 1.82) is 0 Å². The van der Waals surface area contributed by atoms with E-state index >= 15 is 0 Å². The molecule has 1 aliphatic heterocycles. The van der Waals surface area contributed by atoms with Crippen LogP contribution in [0.3, 0.4) is 0 Å². The molecule has 1 unspecified atom stereocenters. The Morgan fingerprint density at radius 3 is 2.29 bits per heavy atom. The highest BCUT2D eigenvalue weighted by atomic mass is 16.5. The molecule has 1 saturated heterocycles. The first-order chi connectivity index (χ1) is 16.6. The summed E-state index contributed by atoms with van der Waals surface area (Å²) >= 11 is 0. The number of rotatable bonds is 9. The summed E-state index contributed by atoms with van der Waals surface area (Å²) in [5.74, 6) is 0.107. The standard InChI is InChI=1S/C28H36N2O5/c1-17(2)21-16-22(18(3)15-23(21)35-7)26(31)24-25(19-9-11-20(34-6)12-10-19)30(28(33)27(24)32)14-8-13-29(4)5/h9-12,15-17,25,31H,8,13-14H2,1-7H3/b26-24+. The predicted octanol–water partition coefficient (Wildman–Crippen LogP) is 4.51. The van der Waals surface area contributed by atoms with Crippen LogP contribution in [-0.4, -0.2) is 68.0 Å². The second kappa shape index (κ2) is 11.0. The van der Waals surface area contributed by atoms with Crippen LogP contribution < -0.4 is 9.47 Å². The van der Waals surface area contributed by atoms with Gasteiger partial charge in [-0.3, -0.25) is 9.59 Å². The van der Waals surface area contributed by atoms with E-state index in [1.54, 1.807) is 31.3 Å². The molecule has 0 aliphatic carbocycles. The average molecular weight is 481 g/mol. The fraction of sp³-hybridized carbons (Fsp3) is 0.429. The van der Waals surface area contributed by atoms with E-state index in [1.807, 2.05) is 64.0 Å². The van der Waals surface area contributed by atoms with E-state index in [9.17, 15) is 14.7 Å². The van der Waals surface area contributed by atoms with Gasteiger partial charge in [-0.25, -0.2) is 0 Å². The topological polar surface area (TPSA) is 79.3 Å². The molecule has 0 radical (unpaired) electrons. The second-order valence-electron chi connectivity index (χ2n) is 9.49. The SMILES string of the molecule is COc1ccc(C2/C(=C(\O)c3cc(C(C)C)c(OC)cc3C)C(=O)C(=O)N2CCCN(C)C)cc1. The summed E-state index contributed by atoms with van der Waals surface area (Å²) in [6.07, 6.45) is 0.700. The summed E-state index contributed by atoms with van der Waals surface area (Å²) in [5, 5.41) is 11.5. The van der Waals surface area contributed by atoms with Crippen LogP contribution in [0.4, 0.5) is 0 Å². The number of ether oxygens (including phenoxy) is 2. The number of carbonyl (C=O) groups is 2. The smallest absolute Gasteiger partial charge is 0.295 e. The molecule has 188 valence electrons. The molecule has 1 aliphatic rings. The molecule has 0 bridgehead atoms. The van der Waals surface area contributed by atoms with Gasteiger partial charge < -0.3 is 24.4 Å². The van der Waals surface area contributed by atoms with Crippen molar-refractivity contribution in [3.63, 3.8) is 0 Å². The van der Waals surface area contributed by atoms with Crippen LogP contribution in [0.15, 0.2) is 42.0 Å². The first-order valence-electron chi connectivity index (χ1n) is 11.9. The van der Waals surface area contributed by atoms with E-state index in [0.717, 1.165) is 29.0 Å². The minimum atomic E-state index is -0.688. The van der Waals surface area contributed by atoms with Crippen LogP contribution in [-0.2, 0) is 9.59 Å². The van der Waals surface area contributed by atoms with Gasteiger partial charge in [0.15, 0.2) is 0 Å². The summed E-state index contributed by atoms with van der Waals surface area (Å²) in [4.78, 5) is 30.1. The fourth-order valence-corrected chi connectivity index (χ4v) is 4.53. The number of hydrogen-bond acceptors (Lipinski definition) is 6. The first-order valence-corrected chi connectivity index (χ1v) is 11.9. The van der Waals surface area contributed by atoms with Gasteiger partial charge in [-0.2, -0.15) is 0 Å². The van der Waals surface area contributed by atoms with Gasteiger partial charge in [0.25, 0.3) is 11.7 Å². The van der Waals surface area contributed by atoms with Gasteiger partial charge in [0.1, 0.15) is 17.3 Å². The number of Topliss-reactive ketones (excluding diaryl/α,β-unsaturated/α-hetero) is 1. The van der Waals surface area contributed by atoms with E-state index in [1.165, 1.54) is 0 Å². The van der Waals surface area contributed by atoms with Gasteiger partial charge in [0, 0.05) is 12.1 Å². The largest absolute Gasteiger partial charge is 0.507 e. The molecule has 1 N–H and O–H groups in total. The van der Waals surface area contributed by atoms with Crippen molar-refractivity contribution < 1.29 is 24.2 Å². The molecule has 7 heteroatoms. The number of aliphatic hydroxyl groups excluding tert-OH is 1. The summed E-state index contributed by atoms with van der Waals surface area (Å²) in [6.45, 7) is 7.11. The van der Waals surface area contributed by atoms with E-state index in [2.05, 4.69) is 0 Å². The molecule has 3 rings (SSSR count). The quantitative estimate of drug-likeness (QED) is 0.323. The molecule has 0 aromatic heterocycles. The minimum absolute atomic E-state index is 0.105. The Balaban J connectivity index is 2.18.